The van der Waals surface area contributed by atoms with Gasteiger partial charge in [-0.2, -0.15) is 13.9 Å². The second-order valence-corrected chi connectivity index (χ2v) is 6.34. The SMILES string of the molecule is Cc1cc(C)n(Cc2cccc(C(=O)N3CC[C@H](OC(F)F)C3)c2)n1. The number of hydrogen-bond acceptors (Lipinski definition) is 3. The van der Waals surface area contributed by atoms with Gasteiger partial charge in [0.05, 0.1) is 18.3 Å². The second-order valence-electron chi connectivity index (χ2n) is 6.34. The number of hydrogen-bond donors (Lipinski definition) is 0. The van der Waals surface area contributed by atoms with Crippen molar-refractivity contribution in [3.63, 3.8) is 0 Å². The summed E-state index contributed by atoms with van der Waals surface area (Å²) in [6.45, 7) is 2.33. The molecule has 5 nitrogen and oxygen atoms in total. The molecule has 1 fully saturated rings. The summed E-state index contributed by atoms with van der Waals surface area (Å²) in [6.07, 6.45) is -0.163. The number of halogens is 2. The Bertz CT molecular complexity index is 761. The largest absolute Gasteiger partial charge is 0.345 e. The van der Waals surface area contributed by atoms with Gasteiger partial charge in [-0.3, -0.25) is 9.48 Å². The number of alkyl halides is 2. The van der Waals surface area contributed by atoms with Gasteiger partial charge in [-0.15, -0.1) is 0 Å². The van der Waals surface area contributed by atoms with Gasteiger partial charge in [-0.1, -0.05) is 12.1 Å². The molecule has 0 bridgehead atoms. The minimum absolute atomic E-state index is 0.157. The number of carbonyl (C=O) groups excluding carboxylic acids is 1. The van der Waals surface area contributed by atoms with E-state index >= 15 is 0 Å². The minimum Gasteiger partial charge on any atom is -0.336 e. The van der Waals surface area contributed by atoms with E-state index in [0.29, 0.717) is 25.1 Å². The molecule has 0 spiro atoms. The van der Waals surface area contributed by atoms with Crippen molar-refractivity contribution < 1.29 is 18.3 Å². The number of nitrogens with zero attached hydrogens (tertiary/aromatic N) is 3. The summed E-state index contributed by atoms with van der Waals surface area (Å²) in [6, 6.07) is 9.36. The Balaban J connectivity index is 1.69. The highest BCUT2D eigenvalue weighted by atomic mass is 19.3. The molecular formula is C18H21F2N3O2. The molecule has 0 aliphatic carbocycles. The van der Waals surface area contributed by atoms with Gasteiger partial charge in [-0.25, -0.2) is 0 Å². The minimum atomic E-state index is -2.80. The Morgan fingerprint density at radius 3 is 2.84 bits per heavy atom. The molecule has 1 aliphatic rings. The summed E-state index contributed by atoms with van der Waals surface area (Å²) in [5, 5.41) is 4.43. The van der Waals surface area contributed by atoms with Crippen LogP contribution in [0.3, 0.4) is 0 Å². The zero-order valence-electron chi connectivity index (χ0n) is 14.3. The average Bonchev–Trinajstić information content (AvgIpc) is 3.13. The van der Waals surface area contributed by atoms with E-state index in [4.69, 9.17) is 0 Å². The number of rotatable bonds is 5. The van der Waals surface area contributed by atoms with Gasteiger partial charge in [0.2, 0.25) is 0 Å². The van der Waals surface area contributed by atoms with Crippen molar-refractivity contribution in [1.82, 2.24) is 14.7 Å². The summed E-state index contributed by atoms with van der Waals surface area (Å²) in [4.78, 5) is 14.2. The summed E-state index contributed by atoms with van der Waals surface area (Å²) >= 11 is 0. The Hall–Kier alpha value is -2.28. The molecule has 1 saturated heterocycles. The van der Waals surface area contributed by atoms with E-state index < -0.39 is 12.7 Å². The van der Waals surface area contributed by atoms with E-state index in [1.165, 1.54) is 0 Å². The van der Waals surface area contributed by atoms with Crippen LogP contribution in [0.5, 0.6) is 0 Å². The first-order valence-corrected chi connectivity index (χ1v) is 8.25. The lowest BCUT2D eigenvalue weighted by Gasteiger charge is -2.17. The van der Waals surface area contributed by atoms with E-state index in [9.17, 15) is 13.6 Å². The molecule has 1 aliphatic heterocycles. The molecule has 0 unspecified atom stereocenters. The van der Waals surface area contributed by atoms with E-state index in [2.05, 4.69) is 9.84 Å². The molecule has 2 heterocycles. The summed E-state index contributed by atoms with van der Waals surface area (Å²) in [5.74, 6) is -0.157. The van der Waals surface area contributed by atoms with Crippen LogP contribution in [-0.2, 0) is 11.3 Å². The zero-order chi connectivity index (χ0) is 18.0. The highest BCUT2D eigenvalue weighted by Crippen LogP contribution is 2.19. The molecule has 25 heavy (non-hydrogen) atoms. The lowest BCUT2D eigenvalue weighted by Crippen LogP contribution is -2.30. The van der Waals surface area contributed by atoms with Gasteiger partial charge in [0.1, 0.15) is 0 Å². The van der Waals surface area contributed by atoms with E-state index in [-0.39, 0.29) is 12.5 Å². The molecule has 0 N–H and O–H groups in total. The van der Waals surface area contributed by atoms with Crippen molar-refractivity contribution in [1.29, 1.82) is 0 Å². The monoisotopic (exact) mass is 349 g/mol. The highest BCUT2D eigenvalue weighted by Gasteiger charge is 2.29. The van der Waals surface area contributed by atoms with Crippen molar-refractivity contribution >= 4 is 5.91 Å². The Labute approximate surface area is 145 Å². The van der Waals surface area contributed by atoms with Gasteiger partial charge in [0.15, 0.2) is 0 Å². The van der Waals surface area contributed by atoms with Gasteiger partial charge in [0, 0.05) is 24.3 Å². The summed E-state index contributed by atoms with van der Waals surface area (Å²) in [7, 11) is 0. The van der Waals surface area contributed by atoms with Gasteiger partial charge >= 0.3 is 6.61 Å². The van der Waals surface area contributed by atoms with Crippen LogP contribution < -0.4 is 0 Å². The van der Waals surface area contributed by atoms with Crippen LogP contribution in [0.4, 0.5) is 8.78 Å². The maximum atomic E-state index is 12.6. The fourth-order valence-corrected chi connectivity index (χ4v) is 3.16. The summed E-state index contributed by atoms with van der Waals surface area (Å²) in [5.41, 5.74) is 3.53. The predicted octanol–water partition coefficient (Wildman–Crippen LogP) is 3.00. The number of likely N-dealkylation sites (tertiary alicyclic amines) is 1. The second kappa shape index (κ2) is 7.31. The number of aryl methyl sites for hydroxylation is 2. The molecule has 1 atom stereocenters. The Morgan fingerprint density at radius 1 is 1.36 bits per heavy atom. The maximum Gasteiger partial charge on any atom is 0.345 e. The van der Waals surface area contributed by atoms with Gasteiger partial charge in [-0.05, 0) is 44.0 Å². The average molecular weight is 349 g/mol. The summed E-state index contributed by atoms with van der Waals surface area (Å²) < 4.78 is 31.0. The first kappa shape index (κ1) is 17.5. The quantitative estimate of drug-likeness (QED) is 0.834. The van der Waals surface area contributed by atoms with Crippen LogP contribution in [0.25, 0.3) is 0 Å². The van der Waals surface area contributed by atoms with Crippen LogP contribution in [-0.4, -0.2) is 46.4 Å². The first-order valence-electron chi connectivity index (χ1n) is 8.25. The predicted molar refractivity (Wildman–Crippen MR) is 88.6 cm³/mol. The van der Waals surface area contributed by atoms with E-state index in [1.807, 2.05) is 42.8 Å². The standard InChI is InChI=1S/C18H21F2N3O2/c1-12-8-13(2)23(21-12)10-14-4-3-5-15(9-14)17(24)22-7-6-16(11-22)25-18(19)20/h3-5,8-9,16,18H,6-7,10-11H2,1-2H3/t16-/m0/s1. The third-order valence-electron chi connectivity index (χ3n) is 4.34. The molecule has 7 heteroatoms. The van der Waals surface area contributed by atoms with Crippen molar-refractivity contribution in [3.8, 4) is 0 Å². The fraction of sp³-hybridized carbons (Fsp3) is 0.444. The molecule has 1 aromatic heterocycles. The smallest absolute Gasteiger partial charge is 0.336 e. The molecule has 134 valence electrons. The number of amides is 1. The zero-order valence-corrected chi connectivity index (χ0v) is 14.3. The highest BCUT2D eigenvalue weighted by molar-refractivity contribution is 5.94. The first-order chi connectivity index (χ1) is 11.9. The molecule has 2 aromatic rings. The topological polar surface area (TPSA) is 47.4 Å². The number of carbonyl (C=O) groups is 1. The van der Waals surface area contributed by atoms with Crippen LogP contribution >= 0.6 is 0 Å². The van der Waals surface area contributed by atoms with Crippen LogP contribution in [0.2, 0.25) is 0 Å². The lowest BCUT2D eigenvalue weighted by atomic mass is 10.1. The van der Waals surface area contributed by atoms with Crippen LogP contribution in [0, 0.1) is 13.8 Å². The van der Waals surface area contributed by atoms with Crippen molar-refractivity contribution in [2.75, 3.05) is 13.1 Å². The molecule has 1 amide bonds. The van der Waals surface area contributed by atoms with Crippen molar-refractivity contribution in [3.05, 3.63) is 52.8 Å². The number of benzene rings is 1. The molecule has 0 radical (unpaired) electrons. The van der Waals surface area contributed by atoms with Crippen molar-refractivity contribution in [2.45, 2.75) is 39.5 Å². The molecule has 1 aromatic carbocycles. The van der Waals surface area contributed by atoms with Crippen molar-refractivity contribution in [2.24, 2.45) is 0 Å². The van der Waals surface area contributed by atoms with E-state index in [1.54, 1.807) is 11.0 Å². The molecule has 0 saturated carbocycles. The fourth-order valence-electron chi connectivity index (χ4n) is 3.16. The third kappa shape index (κ3) is 4.22. The Morgan fingerprint density at radius 2 is 2.16 bits per heavy atom. The normalized spacial score (nSPS) is 17.5. The molecule has 3 rings (SSSR count). The van der Waals surface area contributed by atoms with E-state index in [0.717, 1.165) is 17.0 Å². The Kier molecular flexibility index (Phi) is 5.13. The van der Waals surface area contributed by atoms with Gasteiger partial charge in [0.25, 0.3) is 5.91 Å². The maximum absolute atomic E-state index is 12.6. The van der Waals surface area contributed by atoms with Crippen LogP contribution in [0.15, 0.2) is 30.3 Å². The number of ether oxygens (including phenoxy) is 1. The van der Waals surface area contributed by atoms with Crippen LogP contribution in [0.1, 0.15) is 33.7 Å². The third-order valence-corrected chi connectivity index (χ3v) is 4.34. The molecular weight excluding hydrogens is 328 g/mol. The number of aromatic nitrogens is 2. The van der Waals surface area contributed by atoms with Gasteiger partial charge < -0.3 is 9.64 Å². The lowest BCUT2D eigenvalue weighted by molar-refractivity contribution is -0.158.